The summed E-state index contributed by atoms with van der Waals surface area (Å²) in [4.78, 5) is 34.9. The molecule has 0 aliphatic heterocycles. The zero-order valence-corrected chi connectivity index (χ0v) is 13.1. The summed E-state index contributed by atoms with van der Waals surface area (Å²) in [5.41, 5.74) is 0.230. The summed E-state index contributed by atoms with van der Waals surface area (Å²) in [7, 11) is 2.75. The topological polar surface area (TPSA) is 102 Å². The van der Waals surface area contributed by atoms with Gasteiger partial charge in [0.25, 0.3) is 11.6 Å². The van der Waals surface area contributed by atoms with Crippen LogP contribution in [-0.4, -0.2) is 47.5 Å². The number of thiocarbonyl (C=S) groups is 1. The normalized spacial score (nSPS) is 9.77. The predicted molar refractivity (Wildman–Crippen MR) is 82.5 cm³/mol. The summed E-state index contributed by atoms with van der Waals surface area (Å²) < 4.78 is 4.49. The molecule has 0 spiro atoms. The van der Waals surface area contributed by atoms with Gasteiger partial charge in [0.2, 0.25) is 0 Å². The van der Waals surface area contributed by atoms with Crippen molar-refractivity contribution in [2.24, 2.45) is 0 Å². The van der Waals surface area contributed by atoms with Gasteiger partial charge in [-0.15, -0.1) is 0 Å². The number of nitro benzene ring substituents is 1. The van der Waals surface area contributed by atoms with Gasteiger partial charge in [0, 0.05) is 24.2 Å². The number of hydrogen-bond acceptors (Lipinski definition) is 6. The number of hydrogen-bond donors (Lipinski definition) is 1. The molecule has 0 atom stereocenters. The standard InChI is InChI=1S/C13H15N3O5S/c1-8-9(5-4-6-10(8)16(19)20)12(18)14-13(22)15(2)7-11(17)21-3/h4-6H,7H2,1-3H3,(H,14,18,22). The van der Waals surface area contributed by atoms with Gasteiger partial charge in [-0.1, -0.05) is 6.07 Å². The summed E-state index contributed by atoms with van der Waals surface area (Å²) >= 11 is 5.00. The van der Waals surface area contributed by atoms with Crippen LogP contribution in [0.3, 0.4) is 0 Å². The molecule has 0 radical (unpaired) electrons. The second-order valence-corrected chi connectivity index (χ2v) is 4.78. The number of amides is 1. The van der Waals surface area contributed by atoms with Gasteiger partial charge in [-0.05, 0) is 25.2 Å². The minimum Gasteiger partial charge on any atom is -0.468 e. The van der Waals surface area contributed by atoms with Crippen LogP contribution in [0.4, 0.5) is 5.69 Å². The molecule has 22 heavy (non-hydrogen) atoms. The zero-order valence-electron chi connectivity index (χ0n) is 12.3. The summed E-state index contributed by atoms with van der Waals surface area (Å²) in [5.74, 6) is -1.09. The van der Waals surface area contributed by atoms with E-state index >= 15 is 0 Å². The van der Waals surface area contributed by atoms with E-state index in [0.717, 1.165) is 0 Å². The van der Waals surface area contributed by atoms with Gasteiger partial charge in [-0.25, -0.2) is 0 Å². The van der Waals surface area contributed by atoms with Gasteiger partial charge in [0.1, 0.15) is 6.54 Å². The highest BCUT2D eigenvalue weighted by atomic mass is 32.1. The molecule has 0 aliphatic rings. The Kier molecular flexibility index (Phi) is 5.93. The van der Waals surface area contributed by atoms with Crippen LogP contribution in [0.2, 0.25) is 0 Å². The smallest absolute Gasteiger partial charge is 0.325 e. The van der Waals surface area contributed by atoms with Crippen LogP contribution in [-0.2, 0) is 9.53 Å². The third-order valence-electron chi connectivity index (χ3n) is 2.91. The monoisotopic (exact) mass is 325 g/mol. The van der Waals surface area contributed by atoms with E-state index in [1.807, 2.05) is 0 Å². The van der Waals surface area contributed by atoms with E-state index < -0.39 is 16.8 Å². The van der Waals surface area contributed by atoms with Crippen LogP contribution in [0.1, 0.15) is 15.9 Å². The molecule has 0 fully saturated rings. The Labute approximate surface area is 132 Å². The lowest BCUT2D eigenvalue weighted by Gasteiger charge is -2.19. The number of likely N-dealkylation sites (N-methyl/N-ethyl adjacent to an activating group) is 1. The average Bonchev–Trinajstić information content (AvgIpc) is 2.46. The van der Waals surface area contributed by atoms with E-state index in [1.54, 1.807) is 0 Å². The largest absolute Gasteiger partial charge is 0.468 e. The summed E-state index contributed by atoms with van der Waals surface area (Å²) in [6, 6.07) is 4.19. The molecule has 0 aliphatic carbocycles. The number of nitrogens with one attached hydrogen (secondary N) is 1. The average molecular weight is 325 g/mol. The number of esters is 1. The quantitative estimate of drug-likeness (QED) is 0.382. The molecule has 0 aromatic heterocycles. The molecule has 0 saturated carbocycles. The summed E-state index contributed by atoms with van der Waals surface area (Å²) in [6.45, 7) is 1.36. The van der Waals surface area contributed by atoms with Gasteiger partial charge in [-0.2, -0.15) is 0 Å². The fourth-order valence-corrected chi connectivity index (χ4v) is 1.81. The van der Waals surface area contributed by atoms with E-state index in [4.69, 9.17) is 12.2 Å². The number of benzene rings is 1. The van der Waals surface area contributed by atoms with Gasteiger partial charge >= 0.3 is 5.97 Å². The lowest BCUT2D eigenvalue weighted by atomic mass is 10.1. The van der Waals surface area contributed by atoms with Crippen LogP contribution in [0, 0.1) is 17.0 Å². The molecule has 0 unspecified atom stereocenters. The van der Waals surface area contributed by atoms with Crippen molar-refractivity contribution in [2.75, 3.05) is 20.7 Å². The third kappa shape index (κ3) is 4.22. The molecule has 0 saturated heterocycles. The number of carbonyl (C=O) groups excluding carboxylic acids is 2. The molecule has 1 amide bonds. The Morgan fingerprint density at radius 3 is 2.64 bits per heavy atom. The van der Waals surface area contributed by atoms with Crippen molar-refractivity contribution in [3.8, 4) is 0 Å². The maximum absolute atomic E-state index is 12.1. The van der Waals surface area contributed by atoms with Crippen molar-refractivity contribution >= 4 is 34.9 Å². The van der Waals surface area contributed by atoms with Crippen LogP contribution < -0.4 is 5.32 Å². The molecular formula is C13H15N3O5S. The fourth-order valence-electron chi connectivity index (χ4n) is 1.66. The van der Waals surface area contributed by atoms with Crippen LogP contribution in [0.5, 0.6) is 0 Å². The minimum atomic E-state index is -0.581. The maximum Gasteiger partial charge on any atom is 0.325 e. The van der Waals surface area contributed by atoms with E-state index in [0.29, 0.717) is 0 Å². The number of ether oxygens (including phenoxy) is 1. The summed E-state index contributed by atoms with van der Waals surface area (Å²) in [5, 5.41) is 13.3. The Bertz CT molecular complexity index is 632. The first-order chi connectivity index (χ1) is 10.3. The van der Waals surface area contributed by atoms with E-state index in [1.165, 1.54) is 44.2 Å². The Morgan fingerprint density at radius 1 is 1.45 bits per heavy atom. The number of nitrogens with zero attached hydrogens (tertiary/aromatic N) is 2. The molecule has 0 bridgehead atoms. The summed E-state index contributed by atoms with van der Waals surface area (Å²) in [6.07, 6.45) is 0. The lowest BCUT2D eigenvalue weighted by Crippen LogP contribution is -2.43. The SMILES string of the molecule is COC(=O)CN(C)C(=S)NC(=O)c1cccc([N+](=O)[O-])c1C. The van der Waals surface area contributed by atoms with Crippen LogP contribution >= 0.6 is 12.2 Å². The van der Waals surface area contributed by atoms with Gasteiger partial charge in [-0.3, -0.25) is 25.0 Å². The molecule has 1 N–H and O–H groups in total. The van der Waals surface area contributed by atoms with Gasteiger partial charge < -0.3 is 9.64 Å². The highest BCUT2D eigenvalue weighted by Crippen LogP contribution is 2.20. The van der Waals surface area contributed by atoms with E-state index in [2.05, 4.69) is 10.1 Å². The van der Waals surface area contributed by atoms with Crippen molar-refractivity contribution in [1.82, 2.24) is 10.2 Å². The van der Waals surface area contributed by atoms with Crippen LogP contribution in [0.25, 0.3) is 0 Å². The maximum atomic E-state index is 12.1. The second kappa shape index (κ2) is 7.46. The van der Waals surface area contributed by atoms with E-state index in [9.17, 15) is 19.7 Å². The molecule has 8 nitrogen and oxygen atoms in total. The van der Waals surface area contributed by atoms with Crippen molar-refractivity contribution in [3.05, 3.63) is 39.4 Å². The number of carbonyl (C=O) groups is 2. The zero-order chi connectivity index (χ0) is 16.9. The first-order valence-electron chi connectivity index (χ1n) is 6.15. The third-order valence-corrected chi connectivity index (χ3v) is 3.32. The van der Waals surface area contributed by atoms with Crippen LogP contribution in [0.15, 0.2) is 18.2 Å². The minimum absolute atomic E-state index is 0.0151. The van der Waals surface area contributed by atoms with E-state index in [-0.39, 0.29) is 28.5 Å². The molecule has 9 heteroatoms. The van der Waals surface area contributed by atoms with Gasteiger partial charge in [0.15, 0.2) is 5.11 Å². The van der Waals surface area contributed by atoms with Gasteiger partial charge in [0.05, 0.1) is 12.0 Å². The molecule has 1 rings (SSSR count). The second-order valence-electron chi connectivity index (χ2n) is 4.40. The molecular weight excluding hydrogens is 310 g/mol. The number of methoxy groups -OCH3 is 1. The highest BCUT2D eigenvalue weighted by Gasteiger charge is 2.20. The highest BCUT2D eigenvalue weighted by molar-refractivity contribution is 7.80. The molecule has 0 heterocycles. The van der Waals surface area contributed by atoms with Crippen molar-refractivity contribution in [3.63, 3.8) is 0 Å². The first kappa shape index (κ1) is 17.5. The first-order valence-corrected chi connectivity index (χ1v) is 6.56. The fraction of sp³-hybridized carbons (Fsp3) is 0.308. The molecule has 1 aromatic carbocycles. The van der Waals surface area contributed by atoms with Crippen molar-refractivity contribution < 1.29 is 19.2 Å². The lowest BCUT2D eigenvalue weighted by molar-refractivity contribution is -0.385. The molecule has 118 valence electrons. The van der Waals surface area contributed by atoms with Crippen molar-refractivity contribution in [1.29, 1.82) is 0 Å². The Hall–Kier alpha value is -2.55. The Balaban J connectivity index is 2.86. The van der Waals surface area contributed by atoms with Crippen molar-refractivity contribution in [2.45, 2.75) is 6.92 Å². The number of rotatable bonds is 4. The molecule has 1 aromatic rings. The Morgan fingerprint density at radius 2 is 2.09 bits per heavy atom. The predicted octanol–water partition coefficient (Wildman–Crippen LogP) is 1.02. The number of nitro groups is 1.